The Labute approximate surface area is 134 Å². The van der Waals surface area contributed by atoms with Gasteiger partial charge in [-0.3, -0.25) is 4.79 Å². The van der Waals surface area contributed by atoms with Crippen molar-refractivity contribution < 1.29 is 14.6 Å². The fourth-order valence-corrected chi connectivity index (χ4v) is 2.10. The molecule has 2 aromatic rings. The van der Waals surface area contributed by atoms with Crippen LogP contribution in [0, 0.1) is 0 Å². The summed E-state index contributed by atoms with van der Waals surface area (Å²) < 4.78 is 5.82. The molecule has 2 N–H and O–H groups in total. The molecule has 2 aromatic carbocycles. The number of nitrogens with one attached hydrogen (secondary N) is 1. The molecule has 0 bridgehead atoms. The maximum Gasteiger partial charge on any atom is 0.320 e. The Balaban J connectivity index is 2.02. The van der Waals surface area contributed by atoms with Crippen molar-refractivity contribution in [3.05, 3.63) is 64.7 Å². The summed E-state index contributed by atoms with van der Waals surface area (Å²) in [6, 6.07) is 14.4. The van der Waals surface area contributed by atoms with Gasteiger partial charge in [0.05, 0.1) is 0 Å². The highest BCUT2D eigenvalue weighted by Gasteiger charge is 2.11. The number of hydrogen-bond donors (Lipinski definition) is 2. The number of rotatable bonds is 7. The zero-order valence-corrected chi connectivity index (χ0v) is 13.0. The first-order valence-electron chi connectivity index (χ1n) is 6.98. The average Bonchev–Trinajstić information content (AvgIpc) is 2.52. The largest absolute Gasteiger partial charge is 0.489 e. The molecule has 0 heterocycles. The summed E-state index contributed by atoms with van der Waals surface area (Å²) in [5.74, 6) is -0.165. The van der Waals surface area contributed by atoms with Crippen molar-refractivity contribution in [2.45, 2.75) is 26.1 Å². The Morgan fingerprint density at radius 1 is 1.18 bits per heavy atom. The highest BCUT2D eigenvalue weighted by Crippen LogP contribution is 2.22. The van der Waals surface area contributed by atoms with Crippen molar-refractivity contribution in [3.8, 4) is 5.75 Å². The van der Waals surface area contributed by atoms with E-state index >= 15 is 0 Å². The maximum atomic E-state index is 10.8. The van der Waals surface area contributed by atoms with E-state index in [9.17, 15) is 4.79 Å². The van der Waals surface area contributed by atoms with Crippen LogP contribution in [0.4, 0.5) is 0 Å². The van der Waals surface area contributed by atoms with Crippen molar-refractivity contribution >= 4 is 17.6 Å². The van der Waals surface area contributed by atoms with Gasteiger partial charge in [-0.1, -0.05) is 48.0 Å². The van der Waals surface area contributed by atoms with Gasteiger partial charge in [-0.05, 0) is 19.1 Å². The van der Waals surface area contributed by atoms with Gasteiger partial charge in [0, 0.05) is 22.7 Å². The molecule has 4 nitrogen and oxygen atoms in total. The molecule has 1 atom stereocenters. The van der Waals surface area contributed by atoms with Crippen molar-refractivity contribution in [2.75, 3.05) is 0 Å². The van der Waals surface area contributed by atoms with Gasteiger partial charge in [0.2, 0.25) is 0 Å². The summed E-state index contributed by atoms with van der Waals surface area (Å²) in [6.45, 7) is 2.40. The van der Waals surface area contributed by atoms with E-state index in [-0.39, 0.29) is 0 Å². The monoisotopic (exact) mass is 319 g/mol. The van der Waals surface area contributed by atoms with Crippen molar-refractivity contribution in [1.82, 2.24) is 5.32 Å². The van der Waals surface area contributed by atoms with Crippen LogP contribution in [-0.2, 0) is 17.9 Å². The minimum Gasteiger partial charge on any atom is -0.489 e. The first-order valence-corrected chi connectivity index (χ1v) is 7.36. The van der Waals surface area contributed by atoms with Crippen LogP contribution in [0.1, 0.15) is 18.1 Å². The van der Waals surface area contributed by atoms with Crippen LogP contribution in [0.5, 0.6) is 5.75 Å². The van der Waals surface area contributed by atoms with Crippen LogP contribution in [0.25, 0.3) is 0 Å². The van der Waals surface area contributed by atoms with E-state index in [0.29, 0.717) is 23.9 Å². The average molecular weight is 320 g/mol. The van der Waals surface area contributed by atoms with Gasteiger partial charge in [0.15, 0.2) is 0 Å². The topological polar surface area (TPSA) is 58.6 Å². The summed E-state index contributed by atoms with van der Waals surface area (Å²) in [7, 11) is 0. The molecule has 22 heavy (non-hydrogen) atoms. The third-order valence-corrected chi connectivity index (χ3v) is 3.65. The van der Waals surface area contributed by atoms with E-state index in [1.807, 2.05) is 48.5 Å². The summed E-state index contributed by atoms with van der Waals surface area (Å²) in [6.07, 6.45) is 0. The number of ether oxygens (including phenoxy) is 1. The number of halogens is 1. The number of hydrogen-bond acceptors (Lipinski definition) is 3. The molecule has 0 spiro atoms. The zero-order valence-electron chi connectivity index (χ0n) is 12.3. The minimum atomic E-state index is -0.880. The second-order valence-electron chi connectivity index (χ2n) is 4.93. The Morgan fingerprint density at radius 2 is 1.82 bits per heavy atom. The second-order valence-corrected chi connectivity index (χ2v) is 5.34. The zero-order chi connectivity index (χ0) is 15.9. The minimum absolute atomic E-state index is 0.366. The predicted octanol–water partition coefficient (Wildman–Crippen LogP) is 3.48. The van der Waals surface area contributed by atoms with Crippen molar-refractivity contribution in [3.63, 3.8) is 0 Å². The molecule has 0 saturated carbocycles. The van der Waals surface area contributed by atoms with E-state index in [2.05, 4.69) is 5.32 Å². The van der Waals surface area contributed by atoms with E-state index in [0.717, 1.165) is 11.1 Å². The summed E-state index contributed by atoms with van der Waals surface area (Å²) >= 11 is 6.11. The standard InChI is InChI=1S/C17H18ClNO3/c1-12(17(20)21)19-10-13-6-3-5-9-16(13)22-11-14-7-2-4-8-15(14)18/h2-9,12,19H,10-11H2,1H3,(H,20,21). The summed E-state index contributed by atoms with van der Waals surface area (Å²) in [4.78, 5) is 10.8. The van der Waals surface area contributed by atoms with Crippen LogP contribution in [0.2, 0.25) is 5.02 Å². The summed E-state index contributed by atoms with van der Waals surface area (Å²) in [5.41, 5.74) is 1.81. The molecule has 0 aliphatic heterocycles. The number of carbonyl (C=O) groups is 1. The summed E-state index contributed by atoms with van der Waals surface area (Å²) in [5, 5.41) is 12.5. The molecule has 0 aliphatic rings. The van der Waals surface area contributed by atoms with Crippen molar-refractivity contribution in [2.24, 2.45) is 0 Å². The number of benzene rings is 2. The van der Waals surface area contributed by atoms with Gasteiger partial charge in [-0.25, -0.2) is 0 Å². The highest BCUT2D eigenvalue weighted by molar-refractivity contribution is 6.31. The van der Waals surface area contributed by atoms with Crippen LogP contribution in [0.3, 0.4) is 0 Å². The van der Waals surface area contributed by atoms with Crippen LogP contribution in [0.15, 0.2) is 48.5 Å². The Kier molecular flexibility index (Phi) is 5.81. The molecule has 0 saturated heterocycles. The van der Waals surface area contributed by atoms with Crippen LogP contribution < -0.4 is 10.1 Å². The van der Waals surface area contributed by atoms with Gasteiger partial charge in [-0.2, -0.15) is 0 Å². The van der Waals surface area contributed by atoms with Gasteiger partial charge >= 0.3 is 5.97 Å². The third-order valence-electron chi connectivity index (χ3n) is 3.28. The second kappa shape index (κ2) is 7.82. The first-order chi connectivity index (χ1) is 10.6. The Morgan fingerprint density at radius 3 is 2.50 bits per heavy atom. The smallest absolute Gasteiger partial charge is 0.320 e. The molecule has 5 heteroatoms. The lowest BCUT2D eigenvalue weighted by Crippen LogP contribution is -2.33. The molecular formula is C17H18ClNO3. The normalized spacial score (nSPS) is 11.9. The van der Waals surface area contributed by atoms with Crippen LogP contribution >= 0.6 is 11.6 Å². The molecule has 0 fully saturated rings. The maximum absolute atomic E-state index is 10.8. The molecule has 0 radical (unpaired) electrons. The fourth-order valence-electron chi connectivity index (χ4n) is 1.91. The SMILES string of the molecule is CC(NCc1ccccc1OCc1ccccc1Cl)C(=O)O. The molecule has 0 aromatic heterocycles. The predicted molar refractivity (Wildman–Crippen MR) is 86.2 cm³/mol. The molecule has 2 rings (SSSR count). The highest BCUT2D eigenvalue weighted by atomic mass is 35.5. The Bertz CT molecular complexity index is 645. The lowest BCUT2D eigenvalue weighted by molar-refractivity contribution is -0.139. The van der Waals surface area contributed by atoms with E-state index in [1.165, 1.54) is 0 Å². The van der Waals surface area contributed by atoms with Crippen LogP contribution in [-0.4, -0.2) is 17.1 Å². The van der Waals surface area contributed by atoms with Gasteiger partial charge in [0.25, 0.3) is 0 Å². The van der Waals surface area contributed by atoms with E-state index in [4.69, 9.17) is 21.4 Å². The van der Waals surface area contributed by atoms with E-state index < -0.39 is 12.0 Å². The Hall–Kier alpha value is -2.04. The molecule has 1 unspecified atom stereocenters. The van der Waals surface area contributed by atoms with E-state index in [1.54, 1.807) is 6.92 Å². The fraction of sp³-hybridized carbons (Fsp3) is 0.235. The number of carboxylic acid groups (broad SMARTS) is 1. The molecule has 0 amide bonds. The lowest BCUT2D eigenvalue weighted by atomic mass is 10.2. The number of carboxylic acids is 1. The number of para-hydroxylation sites is 1. The van der Waals surface area contributed by atoms with Crippen molar-refractivity contribution in [1.29, 1.82) is 0 Å². The van der Waals surface area contributed by atoms with Gasteiger partial charge < -0.3 is 15.2 Å². The first kappa shape index (κ1) is 16.3. The quantitative estimate of drug-likeness (QED) is 0.820. The van der Waals surface area contributed by atoms with Gasteiger partial charge in [-0.15, -0.1) is 0 Å². The lowest BCUT2D eigenvalue weighted by Gasteiger charge is -2.14. The number of aliphatic carboxylic acids is 1. The molecule has 0 aliphatic carbocycles. The molecular weight excluding hydrogens is 302 g/mol. The van der Waals surface area contributed by atoms with Gasteiger partial charge in [0.1, 0.15) is 18.4 Å². The third kappa shape index (κ3) is 4.48. The molecule has 116 valence electrons.